The van der Waals surface area contributed by atoms with Gasteiger partial charge in [0.1, 0.15) is 11.5 Å². The molecule has 1 aliphatic carbocycles. The zero-order chi connectivity index (χ0) is 7.56. The number of aliphatic hydroxyl groups is 1. The second-order valence-corrected chi connectivity index (χ2v) is 2.44. The fraction of sp³-hybridized carbons (Fsp3) is 0.375. The Labute approximate surface area is 59.9 Å². The minimum absolute atomic E-state index is 0.0177. The van der Waals surface area contributed by atoms with E-state index in [0.29, 0.717) is 6.42 Å². The van der Waals surface area contributed by atoms with E-state index >= 15 is 0 Å². The second-order valence-electron chi connectivity index (χ2n) is 2.44. The van der Waals surface area contributed by atoms with Crippen molar-refractivity contribution in [1.82, 2.24) is 0 Å². The minimum Gasteiger partial charge on any atom is -0.508 e. The molecular weight excluding hydrogens is 128 g/mol. The van der Waals surface area contributed by atoms with E-state index in [1.54, 1.807) is 25.2 Å². The first-order valence-corrected chi connectivity index (χ1v) is 3.28. The molecule has 0 aromatic carbocycles. The molecule has 2 nitrogen and oxygen atoms in total. The number of rotatable bonds is 1. The van der Waals surface area contributed by atoms with Gasteiger partial charge >= 0.3 is 0 Å². The average Bonchev–Trinajstić information content (AvgIpc) is 1.88. The molecule has 10 heavy (non-hydrogen) atoms. The highest BCUT2D eigenvalue weighted by Gasteiger charge is 2.11. The maximum absolute atomic E-state index is 10.7. The molecule has 2 heteroatoms. The standard InChI is InChI=1S/C8H10O2/c1-6(9)7-2-4-8(10)5-3-7/h2,4-5,7,10H,3H2,1H3. The van der Waals surface area contributed by atoms with Gasteiger partial charge in [-0.3, -0.25) is 4.79 Å². The highest BCUT2D eigenvalue weighted by atomic mass is 16.3. The SMILES string of the molecule is CC(=O)C1C=CC(O)=CC1. The molecule has 0 saturated heterocycles. The van der Waals surface area contributed by atoms with Crippen molar-refractivity contribution in [2.75, 3.05) is 0 Å². The van der Waals surface area contributed by atoms with Gasteiger partial charge < -0.3 is 5.11 Å². The third-order valence-electron chi connectivity index (χ3n) is 1.60. The predicted octanol–water partition coefficient (Wildman–Crippen LogP) is 1.59. The Balaban J connectivity index is 2.60. The molecule has 0 spiro atoms. The molecule has 0 saturated carbocycles. The lowest BCUT2D eigenvalue weighted by Gasteiger charge is -2.09. The van der Waals surface area contributed by atoms with Crippen LogP contribution in [0.25, 0.3) is 0 Å². The number of carbonyl (C=O) groups excluding carboxylic acids is 1. The summed E-state index contributed by atoms with van der Waals surface area (Å²) in [4.78, 5) is 10.7. The number of allylic oxidation sites excluding steroid dienone is 3. The van der Waals surface area contributed by atoms with Crippen molar-refractivity contribution in [3.05, 3.63) is 24.0 Å². The molecule has 54 valence electrons. The van der Waals surface area contributed by atoms with E-state index in [4.69, 9.17) is 5.11 Å². The molecule has 0 amide bonds. The van der Waals surface area contributed by atoms with Gasteiger partial charge in [0.05, 0.1) is 0 Å². The monoisotopic (exact) mass is 138 g/mol. The Morgan fingerprint density at radius 2 is 2.50 bits per heavy atom. The van der Waals surface area contributed by atoms with E-state index in [1.165, 1.54) is 0 Å². The van der Waals surface area contributed by atoms with Crippen molar-refractivity contribution < 1.29 is 9.90 Å². The van der Waals surface area contributed by atoms with Crippen molar-refractivity contribution in [3.8, 4) is 0 Å². The van der Waals surface area contributed by atoms with Crippen molar-refractivity contribution in [2.45, 2.75) is 13.3 Å². The molecule has 1 aliphatic rings. The van der Waals surface area contributed by atoms with Crippen LogP contribution in [0.1, 0.15) is 13.3 Å². The van der Waals surface area contributed by atoms with Crippen LogP contribution in [0.4, 0.5) is 0 Å². The lowest BCUT2D eigenvalue weighted by atomic mass is 9.97. The quantitative estimate of drug-likeness (QED) is 0.597. The first-order valence-electron chi connectivity index (χ1n) is 3.28. The van der Waals surface area contributed by atoms with Crippen LogP contribution in [-0.2, 0) is 4.79 Å². The second kappa shape index (κ2) is 2.69. The summed E-state index contributed by atoms with van der Waals surface area (Å²) in [6.45, 7) is 1.56. The molecule has 0 aromatic heterocycles. The van der Waals surface area contributed by atoms with Gasteiger partial charge in [0, 0.05) is 5.92 Å². The van der Waals surface area contributed by atoms with Crippen LogP contribution in [0, 0.1) is 5.92 Å². The average molecular weight is 138 g/mol. The van der Waals surface area contributed by atoms with Gasteiger partial charge in [-0.25, -0.2) is 0 Å². The lowest BCUT2D eigenvalue weighted by molar-refractivity contribution is -0.119. The Kier molecular flexibility index (Phi) is 1.90. The number of ketones is 1. The van der Waals surface area contributed by atoms with Gasteiger partial charge in [0.15, 0.2) is 0 Å². The van der Waals surface area contributed by atoms with Gasteiger partial charge in [-0.2, -0.15) is 0 Å². The Morgan fingerprint density at radius 3 is 2.90 bits per heavy atom. The van der Waals surface area contributed by atoms with Crippen LogP contribution < -0.4 is 0 Å². The molecule has 1 atom stereocenters. The lowest BCUT2D eigenvalue weighted by Crippen LogP contribution is -2.09. The number of aliphatic hydroxyl groups excluding tert-OH is 1. The summed E-state index contributed by atoms with van der Waals surface area (Å²) >= 11 is 0. The van der Waals surface area contributed by atoms with Gasteiger partial charge in [-0.1, -0.05) is 6.08 Å². The molecular formula is C8H10O2. The maximum Gasteiger partial charge on any atom is 0.136 e. The highest BCUT2D eigenvalue weighted by Crippen LogP contribution is 2.14. The van der Waals surface area contributed by atoms with Gasteiger partial charge in [0.2, 0.25) is 0 Å². The zero-order valence-electron chi connectivity index (χ0n) is 5.87. The third-order valence-corrected chi connectivity index (χ3v) is 1.60. The molecule has 1 unspecified atom stereocenters. The zero-order valence-corrected chi connectivity index (χ0v) is 5.87. The van der Waals surface area contributed by atoms with E-state index in [-0.39, 0.29) is 17.5 Å². The first-order chi connectivity index (χ1) is 4.70. The van der Waals surface area contributed by atoms with Gasteiger partial charge in [-0.15, -0.1) is 0 Å². The van der Waals surface area contributed by atoms with E-state index in [2.05, 4.69) is 0 Å². The number of hydrogen-bond acceptors (Lipinski definition) is 2. The van der Waals surface area contributed by atoms with Gasteiger partial charge in [-0.05, 0) is 25.5 Å². The van der Waals surface area contributed by atoms with Crippen LogP contribution in [0.3, 0.4) is 0 Å². The predicted molar refractivity (Wildman–Crippen MR) is 38.6 cm³/mol. The fourth-order valence-corrected chi connectivity index (χ4v) is 0.911. The van der Waals surface area contributed by atoms with Crippen LogP contribution in [0.5, 0.6) is 0 Å². The smallest absolute Gasteiger partial charge is 0.136 e. The summed E-state index contributed by atoms with van der Waals surface area (Å²) < 4.78 is 0. The third kappa shape index (κ3) is 1.47. The summed E-state index contributed by atoms with van der Waals surface area (Å²) in [5.41, 5.74) is 0. The van der Waals surface area contributed by atoms with Crippen molar-refractivity contribution >= 4 is 5.78 Å². The maximum atomic E-state index is 10.7. The number of carbonyl (C=O) groups is 1. The van der Waals surface area contributed by atoms with E-state index in [1.807, 2.05) is 0 Å². The molecule has 0 heterocycles. The van der Waals surface area contributed by atoms with Crippen LogP contribution in [-0.4, -0.2) is 10.9 Å². The Bertz CT molecular complexity index is 201. The van der Waals surface area contributed by atoms with Crippen LogP contribution in [0.2, 0.25) is 0 Å². The Hall–Kier alpha value is -1.05. The largest absolute Gasteiger partial charge is 0.508 e. The van der Waals surface area contributed by atoms with E-state index in [0.717, 1.165) is 0 Å². The minimum atomic E-state index is -0.0177. The molecule has 0 radical (unpaired) electrons. The van der Waals surface area contributed by atoms with Crippen LogP contribution >= 0.6 is 0 Å². The molecule has 0 fully saturated rings. The summed E-state index contributed by atoms with van der Waals surface area (Å²) in [6, 6.07) is 0. The Morgan fingerprint density at radius 1 is 1.80 bits per heavy atom. The van der Waals surface area contributed by atoms with Crippen molar-refractivity contribution in [1.29, 1.82) is 0 Å². The number of hydrogen-bond donors (Lipinski definition) is 1. The number of Topliss-reactive ketones (excluding diaryl/α,β-unsaturated/α-hetero) is 1. The van der Waals surface area contributed by atoms with Crippen LogP contribution in [0.15, 0.2) is 24.0 Å². The molecule has 1 rings (SSSR count). The summed E-state index contributed by atoms with van der Waals surface area (Å²) in [7, 11) is 0. The highest BCUT2D eigenvalue weighted by molar-refractivity contribution is 5.80. The summed E-state index contributed by atoms with van der Waals surface area (Å²) in [5.74, 6) is 0.397. The topological polar surface area (TPSA) is 37.3 Å². The molecule has 0 aromatic rings. The van der Waals surface area contributed by atoms with Gasteiger partial charge in [0.25, 0.3) is 0 Å². The van der Waals surface area contributed by atoms with Crippen molar-refractivity contribution in [2.24, 2.45) is 5.92 Å². The van der Waals surface area contributed by atoms with E-state index < -0.39 is 0 Å². The fourth-order valence-electron chi connectivity index (χ4n) is 0.911. The summed E-state index contributed by atoms with van der Waals surface area (Å²) in [5, 5.41) is 8.87. The summed E-state index contributed by atoms with van der Waals surface area (Å²) in [6.07, 6.45) is 5.59. The molecule has 0 bridgehead atoms. The molecule has 1 N–H and O–H groups in total. The normalized spacial score (nSPS) is 24.1. The molecule has 0 aliphatic heterocycles. The van der Waals surface area contributed by atoms with E-state index in [9.17, 15) is 4.79 Å². The van der Waals surface area contributed by atoms with Crippen molar-refractivity contribution in [3.63, 3.8) is 0 Å². The first kappa shape index (κ1) is 7.06.